The summed E-state index contributed by atoms with van der Waals surface area (Å²) < 4.78 is 57.9. The average molecular weight is 709 g/mol. The number of halogens is 3. The average Bonchev–Trinajstić information content (AvgIpc) is 3.79. The fourth-order valence-corrected chi connectivity index (χ4v) is 4.68. The fourth-order valence-electron chi connectivity index (χ4n) is 4.29. The van der Waals surface area contributed by atoms with Gasteiger partial charge < -0.3 is 28.3 Å². The molecule has 5 rings (SSSR count). The summed E-state index contributed by atoms with van der Waals surface area (Å²) in [4.78, 5) is 22.1. The lowest BCUT2D eigenvalue weighted by atomic mass is 9.79. The smallest absolute Gasteiger partial charge is 0.469 e. The molecule has 2 aromatic carbocycles. The molecule has 252 valence electrons. The molecule has 3 aliphatic rings. The first-order chi connectivity index (χ1) is 21.8. The van der Waals surface area contributed by atoms with E-state index in [1.165, 1.54) is 38.5 Å². The Balaban J connectivity index is 0.000000236. The molecule has 1 saturated heterocycles. The van der Waals surface area contributed by atoms with Gasteiger partial charge in [-0.25, -0.2) is 8.78 Å². The van der Waals surface area contributed by atoms with E-state index in [4.69, 9.17) is 18.8 Å². The molecule has 0 radical (unpaired) electrons. The zero-order chi connectivity index (χ0) is 34.5. The first-order valence-electron chi connectivity index (χ1n) is 15.0. The number of carbonyl (C=O) groups is 2. The molecule has 1 fully saturated rings. The molecular formula is C34H44BBrF2O8. The SMILES string of the molecule is CC.CC1(C)OB(C2=CCOC2)OC1(C)C.COC(=O)Cc1cc(F)ccc1Br.COC(=O)Cc1cc(F)ccc1C1=CCOC1. The summed E-state index contributed by atoms with van der Waals surface area (Å²) in [7, 11) is 2.40. The normalized spacial score (nSPS) is 17.2. The van der Waals surface area contributed by atoms with E-state index in [1.807, 2.05) is 26.0 Å². The summed E-state index contributed by atoms with van der Waals surface area (Å²) >= 11 is 3.21. The molecule has 0 atom stereocenters. The first-order valence-corrected chi connectivity index (χ1v) is 15.8. The van der Waals surface area contributed by atoms with Gasteiger partial charge in [-0.3, -0.25) is 9.59 Å². The summed E-state index contributed by atoms with van der Waals surface area (Å²) in [6, 6.07) is 8.62. The van der Waals surface area contributed by atoms with Crippen LogP contribution in [0.4, 0.5) is 8.78 Å². The molecule has 12 heteroatoms. The van der Waals surface area contributed by atoms with Crippen LogP contribution in [0.25, 0.3) is 5.57 Å². The van der Waals surface area contributed by atoms with Gasteiger partial charge in [0.2, 0.25) is 0 Å². The molecule has 3 heterocycles. The van der Waals surface area contributed by atoms with Crippen LogP contribution in [0.1, 0.15) is 58.2 Å². The zero-order valence-electron chi connectivity index (χ0n) is 27.8. The minimum Gasteiger partial charge on any atom is -0.469 e. The predicted molar refractivity (Wildman–Crippen MR) is 177 cm³/mol. The molecule has 0 spiro atoms. The number of esters is 2. The Morgan fingerprint density at radius 2 is 1.30 bits per heavy atom. The van der Waals surface area contributed by atoms with Crippen LogP contribution in [0, 0.1) is 11.6 Å². The number of carbonyl (C=O) groups excluding carboxylic acids is 2. The van der Waals surface area contributed by atoms with E-state index in [9.17, 15) is 18.4 Å². The van der Waals surface area contributed by atoms with Gasteiger partial charge in [0.15, 0.2) is 0 Å². The highest BCUT2D eigenvalue weighted by atomic mass is 79.9. The third-order valence-electron chi connectivity index (χ3n) is 7.54. The Kier molecular flexibility index (Phi) is 15.8. The predicted octanol–water partition coefficient (Wildman–Crippen LogP) is 6.86. The van der Waals surface area contributed by atoms with E-state index in [1.54, 1.807) is 12.1 Å². The van der Waals surface area contributed by atoms with Gasteiger partial charge in [-0.15, -0.1) is 0 Å². The van der Waals surface area contributed by atoms with E-state index in [2.05, 4.69) is 53.1 Å². The molecule has 0 aliphatic carbocycles. The lowest BCUT2D eigenvalue weighted by molar-refractivity contribution is -0.140. The summed E-state index contributed by atoms with van der Waals surface area (Å²) in [5, 5.41) is 0. The van der Waals surface area contributed by atoms with Crippen LogP contribution in [0.15, 0.2) is 58.5 Å². The Morgan fingerprint density at radius 1 is 0.804 bits per heavy atom. The van der Waals surface area contributed by atoms with Crippen LogP contribution in [-0.2, 0) is 50.7 Å². The second-order valence-electron chi connectivity index (χ2n) is 11.2. The molecule has 2 aromatic rings. The van der Waals surface area contributed by atoms with E-state index >= 15 is 0 Å². The zero-order valence-corrected chi connectivity index (χ0v) is 29.4. The highest BCUT2D eigenvalue weighted by Gasteiger charge is 2.52. The lowest BCUT2D eigenvalue weighted by Crippen LogP contribution is -2.41. The van der Waals surface area contributed by atoms with Gasteiger partial charge in [-0.2, -0.15) is 0 Å². The van der Waals surface area contributed by atoms with Gasteiger partial charge in [0, 0.05) is 4.47 Å². The number of methoxy groups -OCH3 is 2. The van der Waals surface area contributed by atoms with Crippen molar-refractivity contribution >= 4 is 40.6 Å². The van der Waals surface area contributed by atoms with Gasteiger partial charge in [-0.05, 0) is 85.8 Å². The maximum atomic E-state index is 13.2. The number of hydrogen-bond acceptors (Lipinski definition) is 8. The van der Waals surface area contributed by atoms with E-state index < -0.39 is 0 Å². The van der Waals surface area contributed by atoms with Crippen LogP contribution in [0.2, 0.25) is 0 Å². The standard InChI is InChI=1S/C13H13FO3.C10H17BO3.C9H8BrFO2.C2H6/c1-16-13(15)7-10-6-11(14)2-3-12(10)9-4-5-17-8-9;1-9(2)10(3,4)14-11(13-9)8-5-6-12-7-8;1-13-9(12)5-6-4-7(11)2-3-8(6)10;1-2/h2-4,6H,5,7-8H2,1H3;5H,6-7H2,1-4H3;2-4H,5H2,1H3;1-2H3. The van der Waals surface area contributed by atoms with E-state index in [0.29, 0.717) is 42.0 Å². The minimum absolute atomic E-state index is 0.0704. The van der Waals surface area contributed by atoms with Gasteiger partial charge in [0.1, 0.15) is 11.6 Å². The second kappa shape index (κ2) is 18.4. The molecule has 0 unspecified atom stereocenters. The van der Waals surface area contributed by atoms with Crippen molar-refractivity contribution in [3.63, 3.8) is 0 Å². The van der Waals surface area contributed by atoms with Crippen LogP contribution in [0.3, 0.4) is 0 Å². The van der Waals surface area contributed by atoms with E-state index in [0.717, 1.165) is 16.6 Å². The summed E-state index contributed by atoms with van der Waals surface area (Å²) in [6.45, 7) is 14.6. The number of rotatable bonds is 6. The van der Waals surface area contributed by atoms with Crippen molar-refractivity contribution < 1.29 is 46.6 Å². The van der Waals surface area contributed by atoms with Crippen LogP contribution in [-0.4, -0.2) is 70.9 Å². The highest BCUT2D eigenvalue weighted by molar-refractivity contribution is 9.10. The molecular weight excluding hydrogens is 665 g/mol. The van der Waals surface area contributed by atoms with Crippen LogP contribution < -0.4 is 0 Å². The molecule has 3 aliphatic heterocycles. The fraction of sp³-hybridized carbons (Fsp3) is 0.471. The quantitative estimate of drug-likeness (QED) is 0.238. The van der Waals surface area contributed by atoms with Crippen molar-refractivity contribution in [1.82, 2.24) is 0 Å². The topological polar surface area (TPSA) is 89.5 Å². The summed E-state index contributed by atoms with van der Waals surface area (Å²) in [5.74, 6) is -1.48. The number of benzene rings is 2. The van der Waals surface area contributed by atoms with Crippen molar-refractivity contribution in [2.45, 2.75) is 65.6 Å². The van der Waals surface area contributed by atoms with Crippen molar-refractivity contribution in [3.05, 3.63) is 86.8 Å². The second-order valence-corrected chi connectivity index (χ2v) is 12.0. The summed E-state index contributed by atoms with van der Waals surface area (Å²) in [5.41, 5.74) is 3.68. The summed E-state index contributed by atoms with van der Waals surface area (Å²) in [6.07, 6.45) is 4.13. The monoisotopic (exact) mass is 708 g/mol. The van der Waals surface area contributed by atoms with Gasteiger partial charge in [-0.1, -0.05) is 48.0 Å². The minimum atomic E-state index is -0.383. The van der Waals surface area contributed by atoms with Gasteiger partial charge in [0.05, 0.1) is 64.7 Å². The third-order valence-corrected chi connectivity index (χ3v) is 8.31. The number of hydrogen-bond donors (Lipinski definition) is 0. The van der Waals surface area contributed by atoms with Crippen molar-refractivity contribution in [2.75, 3.05) is 40.6 Å². The Hall–Kier alpha value is -2.90. The van der Waals surface area contributed by atoms with Crippen LogP contribution >= 0.6 is 15.9 Å². The molecule has 46 heavy (non-hydrogen) atoms. The van der Waals surface area contributed by atoms with Crippen molar-refractivity contribution in [2.24, 2.45) is 0 Å². The first kappa shape index (κ1) is 39.3. The Labute approximate surface area is 279 Å². The molecule has 0 bridgehead atoms. The maximum absolute atomic E-state index is 13.2. The Morgan fingerprint density at radius 3 is 1.80 bits per heavy atom. The lowest BCUT2D eigenvalue weighted by Gasteiger charge is -2.32. The molecule has 0 N–H and O–H groups in total. The largest absolute Gasteiger partial charge is 0.492 e. The molecule has 0 amide bonds. The molecule has 0 aromatic heterocycles. The van der Waals surface area contributed by atoms with E-state index in [-0.39, 0.29) is 54.7 Å². The van der Waals surface area contributed by atoms with Gasteiger partial charge in [0.25, 0.3) is 0 Å². The van der Waals surface area contributed by atoms with Crippen LogP contribution in [0.5, 0.6) is 0 Å². The number of ether oxygens (including phenoxy) is 4. The maximum Gasteiger partial charge on any atom is 0.492 e. The van der Waals surface area contributed by atoms with Crippen molar-refractivity contribution in [3.8, 4) is 0 Å². The third kappa shape index (κ3) is 11.4. The van der Waals surface area contributed by atoms with Crippen molar-refractivity contribution in [1.29, 1.82) is 0 Å². The van der Waals surface area contributed by atoms with Gasteiger partial charge >= 0.3 is 19.1 Å². The molecule has 8 nitrogen and oxygen atoms in total. The molecule has 0 saturated carbocycles. The highest BCUT2D eigenvalue weighted by Crippen LogP contribution is 2.39. The Bertz CT molecular complexity index is 1380.